The lowest BCUT2D eigenvalue weighted by Crippen LogP contribution is -2.46. The molecule has 1 aliphatic heterocycles. The van der Waals surface area contributed by atoms with Gasteiger partial charge < -0.3 is 4.74 Å². The van der Waals surface area contributed by atoms with E-state index in [9.17, 15) is 9.59 Å². The molecule has 1 aromatic rings. The second kappa shape index (κ2) is 4.79. The van der Waals surface area contributed by atoms with E-state index in [4.69, 9.17) is 4.74 Å². The Hall–Kier alpha value is -1.49. The molecule has 1 aliphatic rings. The fraction of sp³-hybridized carbons (Fsp3) is 0.333. The van der Waals surface area contributed by atoms with E-state index in [0.29, 0.717) is 17.2 Å². The number of amides is 2. The molecule has 1 atom stereocenters. The Labute approximate surface area is 104 Å². The average molecular weight is 251 g/mol. The highest BCUT2D eigenvalue weighted by Crippen LogP contribution is 2.27. The summed E-state index contributed by atoms with van der Waals surface area (Å²) in [6.45, 7) is 1.82. The summed E-state index contributed by atoms with van der Waals surface area (Å²) in [5.41, 5.74) is 0.605. The molecule has 2 rings (SSSR count). The summed E-state index contributed by atoms with van der Waals surface area (Å²) in [5, 5.41) is -0.171. The van der Waals surface area contributed by atoms with E-state index < -0.39 is 0 Å². The number of anilines is 1. The molecule has 5 heteroatoms. The smallest absolute Gasteiger partial charge is 0.246 e. The summed E-state index contributed by atoms with van der Waals surface area (Å²) < 4.78 is 5.04. The summed E-state index contributed by atoms with van der Waals surface area (Å²) in [5.74, 6) is 0.728. The molecule has 1 fully saturated rings. The standard InChI is InChI=1S/C12H13NO3S/c1-8-12(15)13(11(14)7-17-8)9-3-5-10(16-2)6-4-9/h3-6,8H,7H2,1-2H3/t8-/m0/s1. The van der Waals surface area contributed by atoms with Crippen LogP contribution in [0.1, 0.15) is 6.92 Å². The normalized spacial score (nSPS) is 20.6. The number of ether oxygens (including phenoxy) is 1. The number of thioether (sulfide) groups is 1. The number of methoxy groups -OCH3 is 1. The van der Waals surface area contributed by atoms with E-state index >= 15 is 0 Å². The number of benzene rings is 1. The van der Waals surface area contributed by atoms with Crippen LogP contribution >= 0.6 is 11.8 Å². The van der Waals surface area contributed by atoms with Crippen LogP contribution in [-0.4, -0.2) is 29.9 Å². The van der Waals surface area contributed by atoms with Gasteiger partial charge in [-0.05, 0) is 31.2 Å². The van der Waals surface area contributed by atoms with Gasteiger partial charge in [0.15, 0.2) is 0 Å². The lowest BCUT2D eigenvalue weighted by atomic mass is 10.2. The molecule has 0 unspecified atom stereocenters. The molecule has 0 bridgehead atoms. The minimum Gasteiger partial charge on any atom is -0.497 e. The second-order valence-corrected chi connectivity index (χ2v) is 5.05. The second-order valence-electron chi connectivity index (χ2n) is 3.72. The summed E-state index contributed by atoms with van der Waals surface area (Å²) in [6, 6.07) is 6.92. The van der Waals surface area contributed by atoms with E-state index in [-0.39, 0.29) is 17.1 Å². The van der Waals surface area contributed by atoms with Crippen molar-refractivity contribution in [2.45, 2.75) is 12.2 Å². The largest absolute Gasteiger partial charge is 0.497 e. The number of rotatable bonds is 2. The molecule has 1 saturated heterocycles. The average Bonchev–Trinajstić information content (AvgIpc) is 2.35. The molecular weight excluding hydrogens is 238 g/mol. The van der Waals surface area contributed by atoms with Crippen molar-refractivity contribution in [1.29, 1.82) is 0 Å². The van der Waals surface area contributed by atoms with Crippen LogP contribution in [0.4, 0.5) is 5.69 Å². The van der Waals surface area contributed by atoms with Crippen molar-refractivity contribution in [2.75, 3.05) is 17.8 Å². The van der Waals surface area contributed by atoms with Gasteiger partial charge in [-0.1, -0.05) is 0 Å². The minimum atomic E-state index is -0.171. The summed E-state index contributed by atoms with van der Waals surface area (Å²) >= 11 is 1.37. The van der Waals surface area contributed by atoms with Crippen molar-refractivity contribution in [3.05, 3.63) is 24.3 Å². The number of hydrogen-bond donors (Lipinski definition) is 0. The number of hydrogen-bond acceptors (Lipinski definition) is 4. The maximum atomic E-state index is 11.9. The molecule has 0 aliphatic carbocycles. The van der Waals surface area contributed by atoms with Crippen LogP contribution in [0.5, 0.6) is 5.75 Å². The predicted molar refractivity (Wildman–Crippen MR) is 67.4 cm³/mol. The molecule has 0 radical (unpaired) electrons. The van der Waals surface area contributed by atoms with Gasteiger partial charge in [-0.15, -0.1) is 11.8 Å². The van der Waals surface area contributed by atoms with Gasteiger partial charge in [-0.25, -0.2) is 4.90 Å². The van der Waals surface area contributed by atoms with Crippen molar-refractivity contribution < 1.29 is 14.3 Å². The lowest BCUT2D eigenvalue weighted by Gasteiger charge is -2.28. The van der Waals surface area contributed by atoms with Crippen LogP contribution in [0.3, 0.4) is 0 Å². The quantitative estimate of drug-likeness (QED) is 0.750. The summed E-state index contributed by atoms with van der Waals surface area (Å²) in [4.78, 5) is 25.0. The van der Waals surface area contributed by atoms with Gasteiger partial charge in [-0.3, -0.25) is 9.59 Å². The molecule has 17 heavy (non-hydrogen) atoms. The highest BCUT2D eigenvalue weighted by Gasteiger charge is 2.33. The zero-order chi connectivity index (χ0) is 12.4. The van der Waals surface area contributed by atoms with Crippen LogP contribution in [0.2, 0.25) is 0 Å². The molecular formula is C12H13NO3S. The first-order valence-corrected chi connectivity index (χ1v) is 6.31. The third kappa shape index (κ3) is 2.29. The van der Waals surface area contributed by atoms with Gasteiger partial charge in [-0.2, -0.15) is 0 Å². The molecule has 0 spiro atoms. The highest BCUT2D eigenvalue weighted by molar-refractivity contribution is 8.01. The Balaban J connectivity index is 2.29. The third-order valence-electron chi connectivity index (χ3n) is 2.60. The Morgan fingerprint density at radius 2 is 1.94 bits per heavy atom. The van der Waals surface area contributed by atoms with Gasteiger partial charge in [0.25, 0.3) is 0 Å². The van der Waals surface area contributed by atoms with E-state index in [1.165, 1.54) is 16.7 Å². The predicted octanol–water partition coefficient (Wildman–Crippen LogP) is 1.69. The Morgan fingerprint density at radius 3 is 2.53 bits per heavy atom. The first kappa shape index (κ1) is 12.0. The monoisotopic (exact) mass is 251 g/mol. The van der Waals surface area contributed by atoms with Gasteiger partial charge in [0.05, 0.1) is 23.8 Å². The summed E-state index contributed by atoms with van der Waals surface area (Å²) in [6.07, 6.45) is 0. The fourth-order valence-electron chi connectivity index (χ4n) is 1.64. The first-order valence-electron chi connectivity index (χ1n) is 5.26. The van der Waals surface area contributed by atoms with E-state index in [0.717, 1.165) is 0 Å². The van der Waals surface area contributed by atoms with Crippen LogP contribution in [-0.2, 0) is 9.59 Å². The lowest BCUT2D eigenvalue weighted by molar-refractivity contribution is -0.125. The molecule has 2 amide bonds. The van der Waals surface area contributed by atoms with E-state index in [1.54, 1.807) is 31.4 Å². The number of carbonyl (C=O) groups excluding carboxylic acids is 2. The van der Waals surface area contributed by atoms with E-state index in [2.05, 4.69) is 0 Å². The molecule has 90 valence electrons. The zero-order valence-electron chi connectivity index (χ0n) is 9.67. The third-order valence-corrected chi connectivity index (χ3v) is 3.72. The maximum Gasteiger partial charge on any atom is 0.246 e. The SMILES string of the molecule is COc1ccc(N2C(=O)CS[C@@H](C)C2=O)cc1. The molecule has 1 aromatic carbocycles. The minimum absolute atomic E-state index is 0.156. The van der Waals surface area contributed by atoms with Gasteiger partial charge in [0, 0.05) is 0 Å². The summed E-state index contributed by atoms with van der Waals surface area (Å²) in [7, 11) is 1.57. The molecule has 0 N–H and O–H groups in total. The maximum absolute atomic E-state index is 11.9. The first-order chi connectivity index (χ1) is 8.13. The van der Waals surface area contributed by atoms with Crippen LogP contribution < -0.4 is 9.64 Å². The fourth-order valence-corrected chi connectivity index (χ4v) is 2.41. The number of nitrogens with zero attached hydrogens (tertiary/aromatic N) is 1. The van der Waals surface area contributed by atoms with Gasteiger partial charge in [0.2, 0.25) is 11.8 Å². The zero-order valence-corrected chi connectivity index (χ0v) is 10.5. The van der Waals surface area contributed by atoms with Crippen LogP contribution in [0.25, 0.3) is 0 Å². The Kier molecular flexibility index (Phi) is 3.38. The molecule has 4 nitrogen and oxygen atoms in total. The van der Waals surface area contributed by atoms with Crippen molar-refractivity contribution in [3.63, 3.8) is 0 Å². The highest BCUT2D eigenvalue weighted by atomic mass is 32.2. The van der Waals surface area contributed by atoms with Crippen LogP contribution in [0.15, 0.2) is 24.3 Å². The van der Waals surface area contributed by atoms with Gasteiger partial charge >= 0.3 is 0 Å². The van der Waals surface area contributed by atoms with Crippen molar-refractivity contribution in [2.24, 2.45) is 0 Å². The Bertz CT molecular complexity index is 444. The number of imide groups is 1. The van der Waals surface area contributed by atoms with Crippen molar-refractivity contribution in [1.82, 2.24) is 0 Å². The molecule has 1 heterocycles. The molecule has 0 saturated carbocycles. The Morgan fingerprint density at radius 1 is 1.29 bits per heavy atom. The number of carbonyl (C=O) groups is 2. The van der Waals surface area contributed by atoms with Crippen molar-refractivity contribution >= 4 is 29.3 Å². The topological polar surface area (TPSA) is 46.6 Å². The van der Waals surface area contributed by atoms with Crippen LogP contribution in [0, 0.1) is 0 Å². The van der Waals surface area contributed by atoms with Crippen molar-refractivity contribution in [3.8, 4) is 5.75 Å². The van der Waals surface area contributed by atoms with Gasteiger partial charge in [0.1, 0.15) is 5.75 Å². The van der Waals surface area contributed by atoms with E-state index in [1.807, 2.05) is 6.92 Å². The molecule has 0 aromatic heterocycles.